The maximum atomic E-state index is 11.4. The number of amides is 1. The van der Waals surface area contributed by atoms with Gasteiger partial charge < -0.3 is 10.6 Å². The first kappa shape index (κ1) is 14.8. The second-order valence-electron chi connectivity index (χ2n) is 3.41. The van der Waals surface area contributed by atoms with Crippen LogP contribution in [-0.2, 0) is 4.79 Å². The molecule has 1 unspecified atom stereocenters. The summed E-state index contributed by atoms with van der Waals surface area (Å²) in [6.07, 6.45) is 5.16. The molecule has 1 aliphatic rings. The van der Waals surface area contributed by atoms with Gasteiger partial charge in [0.05, 0.1) is 5.25 Å². The van der Waals surface area contributed by atoms with Gasteiger partial charge in [0.15, 0.2) is 0 Å². The molecule has 1 heterocycles. The van der Waals surface area contributed by atoms with Crippen molar-refractivity contribution >= 4 is 30.1 Å². The Morgan fingerprint density at radius 2 is 2.47 bits per heavy atom. The highest BCUT2D eigenvalue weighted by Gasteiger charge is 2.11. The summed E-state index contributed by atoms with van der Waals surface area (Å²) >= 11 is 1.58. The summed E-state index contributed by atoms with van der Waals surface area (Å²) in [5.74, 6) is 0.136. The fraction of sp³-hybridized carbons (Fsp3) is 0.700. The first-order valence-electron chi connectivity index (χ1n) is 4.93. The van der Waals surface area contributed by atoms with Crippen LogP contribution in [0.15, 0.2) is 11.6 Å². The first-order chi connectivity index (χ1) is 6.74. The maximum absolute atomic E-state index is 11.4. The van der Waals surface area contributed by atoms with Crippen molar-refractivity contribution in [2.24, 2.45) is 0 Å². The number of nitrogens with one attached hydrogen (secondary N) is 2. The molecule has 0 aliphatic carbocycles. The molecule has 0 saturated carbocycles. The van der Waals surface area contributed by atoms with Gasteiger partial charge in [-0.25, -0.2) is 0 Å². The standard InChI is InChI=1S/C10H18N2OS.ClH/c1-8(14-2)10(13)12-7-9-3-5-11-6-4-9;/h3,8,11H,4-7H2,1-2H3,(H,12,13);1H. The lowest BCUT2D eigenvalue weighted by molar-refractivity contribution is -0.120. The van der Waals surface area contributed by atoms with Crippen LogP contribution in [0.3, 0.4) is 0 Å². The molecule has 1 amide bonds. The fourth-order valence-corrected chi connectivity index (χ4v) is 1.58. The Labute approximate surface area is 102 Å². The van der Waals surface area contributed by atoms with Gasteiger partial charge in [0, 0.05) is 13.1 Å². The molecule has 0 fully saturated rings. The van der Waals surface area contributed by atoms with Crippen LogP contribution in [-0.4, -0.2) is 37.0 Å². The van der Waals surface area contributed by atoms with E-state index in [2.05, 4.69) is 16.7 Å². The Hall–Kier alpha value is -0.190. The van der Waals surface area contributed by atoms with Gasteiger partial charge >= 0.3 is 0 Å². The van der Waals surface area contributed by atoms with Crippen LogP contribution in [0.2, 0.25) is 0 Å². The average molecular weight is 251 g/mol. The third-order valence-electron chi connectivity index (χ3n) is 2.37. The molecule has 15 heavy (non-hydrogen) atoms. The Bertz CT molecular complexity index is 233. The minimum Gasteiger partial charge on any atom is -0.351 e. The quantitative estimate of drug-likeness (QED) is 0.737. The summed E-state index contributed by atoms with van der Waals surface area (Å²) in [6, 6.07) is 0. The number of hydrogen-bond acceptors (Lipinski definition) is 3. The van der Waals surface area contributed by atoms with Crippen molar-refractivity contribution in [1.29, 1.82) is 0 Å². The normalized spacial score (nSPS) is 17.3. The van der Waals surface area contributed by atoms with Crippen molar-refractivity contribution in [3.8, 4) is 0 Å². The van der Waals surface area contributed by atoms with E-state index in [-0.39, 0.29) is 23.6 Å². The van der Waals surface area contributed by atoms with Crippen molar-refractivity contribution in [2.75, 3.05) is 25.9 Å². The van der Waals surface area contributed by atoms with E-state index in [0.717, 1.165) is 19.5 Å². The fourth-order valence-electron chi connectivity index (χ4n) is 1.28. The topological polar surface area (TPSA) is 41.1 Å². The molecule has 0 aromatic rings. The zero-order valence-electron chi connectivity index (χ0n) is 9.21. The zero-order chi connectivity index (χ0) is 10.4. The molecule has 0 bridgehead atoms. The Morgan fingerprint density at radius 1 is 1.73 bits per heavy atom. The molecule has 1 aliphatic heterocycles. The van der Waals surface area contributed by atoms with Gasteiger partial charge in [-0.05, 0) is 26.1 Å². The molecular weight excluding hydrogens is 232 g/mol. The van der Waals surface area contributed by atoms with E-state index in [4.69, 9.17) is 0 Å². The third-order valence-corrected chi connectivity index (χ3v) is 3.29. The smallest absolute Gasteiger partial charge is 0.233 e. The molecule has 0 spiro atoms. The second-order valence-corrected chi connectivity index (χ2v) is 4.59. The van der Waals surface area contributed by atoms with Gasteiger partial charge in [-0.15, -0.1) is 12.4 Å². The van der Waals surface area contributed by atoms with Crippen LogP contribution in [0.5, 0.6) is 0 Å². The molecule has 5 heteroatoms. The highest BCUT2D eigenvalue weighted by molar-refractivity contribution is 7.99. The van der Waals surface area contributed by atoms with Gasteiger partial charge in [-0.1, -0.05) is 11.6 Å². The molecule has 1 rings (SSSR count). The van der Waals surface area contributed by atoms with Crippen LogP contribution >= 0.6 is 24.2 Å². The Morgan fingerprint density at radius 3 is 3.00 bits per heavy atom. The number of rotatable bonds is 4. The molecule has 3 nitrogen and oxygen atoms in total. The third kappa shape index (κ3) is 5.44. The molecular formula is C10H19ClN2OS. The van der Waals surface area contributed by atoms with Crippen LogP contribution in [0, 0.1) is 0 Å². The maximum Gasteiger partial charge on any atom is 0.233 e. The molecule has 2 N–H and O–H groups in total. The first-order valence-corrected chi connectivity index (χ1v) is 6.22. The van der Waals surface area contributed by atoms with Crippen LogP contribution < -0.4 is 10.6 Å². The van der Waals surface area contributed by atoms with E-state index in [1.807, 2.05) is 13.2 Å². The van der Waals surface area contributed by atoms with Crippen molar-refractivity contribution in [2.45, 2.75) is 18.6 Å². The van der Waals surface area contributed by atoms with Gasteiger partial charge in [-0.2, -0.15) is 11.8 Å². The van der Waals surface area contributed by atoms with E-state index >= 15 is 0 Å². The Kier molecular flexibility index (Phi) is 7.92. The van der Waals surface area contributed by atoms with E-state index in [1.165, 1.54) is 5.57 Å². The van der Waals surface area contributed by atoms with Crippen LogP contribution in [0.4, 0.5) is 0 Å². The molecule has 0 aromatic carbocycles. The van der Waals surface area contributed by atoms with Crippen LogP contribution in [0.1, 0.15) is 13.3 Å². The summed E-state index contributed by atoms with van der Waals surface area (Å²) in [6.45, 7) is 4.60. The summed E-state index contributed by atoms with van der Waals surface area (Å²) in [5, 5.41) is 6.24. The molecule has 88 valence electrons. The van der Waals surface area contributed by atoms with Crippen LogP contribution in [0.25, 0.3) is 0 Å². The van der Waals surface area contributed by atoms with Gasteiger partial charge in [0.2, 0.25) is 5.91 Å². The predicted octanol–water partition coefficient (Wildman–Crippen LogP) is 1.20. The molecule has 0 aromatic heterocycles. The van der Waals surface area contributed by atoms with Crippen molar-refractivity contribution < 1.29 is 4.79 Å². The lowest BCUT2D eigenvalue weighted by Gasteiger charge is -2.15. The van der Waals surface area contributed by atoms with E-state index in [0.29, 0.717) is 6.54 Å². The molecule has 0 radical (unpaired) electrons. The van der Waals surface area contributed by atoms with Gasteiger partial charge in [0.1, 0.15) is 0 Å². The lowest BCUT2D eigenvalue weighted by Crippen LogP contribution is -2.34. The molecule has 0 saturated heterocycles. The monoisotopic (exact) mass is 250 g/mol. The van der Waals surface area contributed by atoms with Gasteiger partial charge in [-0.3, -0.25) is 4.79 Å². The summed E-state index contributed by atoms with van der Waals surface area (Å²) in [4.78, 5) is 11.4. The van der Waals surface area contributed by atoms with E-state index in [9.17, 15) is 4.79 Å². The Balaban J connectivity index is 0.00000196. The van der Waals surface area contributed by atoms with Gasteiger partial charge in [0.25, 0.3) is 0 Å². The van der Waals surface area contributed by atoms with Crippen molar-refractivity contribution in [3.63, 3.8) is 0 Å². The second kappa shape index (κ2) is 8.02. The van der Waals surface area contributed by atoms with Crippen molar-refractivity contribution in [3.05, 3.63) is 11.6 Å². The summed E-state index contributed by atoms with van der Waals surface area (Å²) in [5.41, 5.74) is 1.34. The molecule has 1 atom stereocenters. The predicted molar refractivity (Wildman–Crippen MR) is 68.8 cm³/mol. The number of hydrogen-bond donors (Lipinski definition) is 2. The minimum atomic E-state index is 0. The summed E-state index contributed by atoms with van der Waals surface area (Å²) < 4.78 is 0. The SMILES string of the molecule is CSC(C)C(=O)NCC1=CCNCC1.Cl. The largest absolute Gasteiger partial charge is 0.351 e. The minimum absolute atomic E-state index is 0. The van der Waals surface area contributed by atoms with E-state index < -0.39 is 0 Å². The average Bonchev–Trinajstić information content (AvgIpc) is 2.26. The highest BCUT2D eigenvalue weighted by Crippen LogP contribution is 2.06. The van der Waals surface area contributed by atoms with E-state index in [1.54, 1.807) is 11.8 Å². The van der Waals surface area contributed by atoms with Crippen molar-refractivity contribution in [1.82, 2.24) is 10.6 Å². The zero-order valence-corrected chi connectivity index (χ0v) is 10.8. The number of halogens is 1. The lowest BCUT2D eigenvalue weighted by atomic mass is 10.1. The number of carbonyl (C=O) groups is 1. The number of thioether (sulfide) groups is 1. The highest BCUT2D eigenvalue weighted by atomic mass is 35.5. The summed E-state index contributed by atoms with van der Waals surface area (Å²) in [7, 11) is 0. The number of carbonyl (C=O) groups excluding carboxylic acids is 1.